The van der Waals surface area contributed by atoms with Gasteiger partial charge in [-0.1, -0.05) is 45.5 Å². The number of ether oxygens (including phenoxy) is 1. The largest absolute Gasteiger partial charge is 0.379 e. The summed E-state index contributed by atoms with van der Waals surface area (Å²) >= 11 is 0. The molecule has 2 fully saturated rings. The Kier molecular flexibility index (Phi) is 6.66. The van der Waals surface area contributed by atoms with Crippen LogP contribution in [0.4, 0.5) is 5.69 Å². The van der Waals surface area contributed by atoms with Crippen molar-refractivity contribution in [1.29, 1.82) is 5.26 Å². The number of benzene rings is 2. The van der Waals surface area contributed by atoms with E-state index in [2.05, 4.69) is 77.9 Å². The SMILES string of the molecule is CC1(C)c2cc(N3CCC(N4CCOCC4)CC3)c(C#N)cc2C(=O)c2c1[nH]c1cc(C#C[Si](C)(C)C)ccc21. The second-order valence-electron chi connectivity index (χ2n) is 13.0. The highest BCUT2D eigenvalue weighted by Gasteiger charge is 2.41. The van der Waals surface area contributed by atoms with Crippen molar-refractivity contribution in [3.8, 4) is 17.5 Å². The maximum Gasteiger partial charge on any atom is 0.195 e. The predicted molar refractivity (Wildman–Crippen MR) is 163 cm³/mol. The number of piperidine rings is 1. The number of rotatable bonds is 2. The monoisotopic (exact) mass is 550 g/mol. The zero-order valence-electron chi connectivity index (χ0n) is 24.3. The number of nitrogens with zero attached hydrogens (tertiary/aromatic N) is 3. The van der Waals surface area contributed by atoms with E-state index >= 15 is 0 Å². The minimum absolute atomic E-state index is 0.00872. The quantitative estimate of drug-likeness (QED) is 0.340. The van der Waals surface area contributed by atoms with Crippen molar-refractivity contribution < 1.29 is 9.53 Å². The summed E-state index contributed by atoms with van der Waals surface area (Å²) in [6.07, 6.45) is 2.14. The van der Waals surface area contributed by atoms with Crippen LogP contribution in [0.5, 0.6) is 0 Å². The number of morpholine rings is 1. The summed E-state index contributed by atoms with van der Waals surface area (Å²) in [5.74, 6) is 3.34. The molecule has 2 saturated heterocycles. The molecule has 6 nitrogen and oxygen atoms in total. The van der Waals surface area contributed by atoms with Gasteiger partial charge in [-0.05, 0) is 42.7 Å². The smallest absolute Gasteiger partial charge is 0.195 e. The molecule has 1 aliphatic carbocycles. The average Bonchev–Trinajstić information content (AvgIpc) is 3.35. The zero-order valence-corrected chi connectivity index (χ0v) is 25.3. The fourth-order valence-corrected chi connectivity index (χ4v) is 7.09. The first-order valence-corrected chi connectivity index (χ1v) is 18.0. The van der Waals surface area contributed by atoms with Crippen molar-refractivity contribution in [3.63, 3.8) is 0 Å². The van der Waals surface area contributed by atoms with Gasteiger partial charge in [-0.15, -0.1) is 5.54 Å². The average molecular weight is 551 g/mol. The van der Waals surface area contributed by atoms with Crippen LogP contribution in [-0.2, 0) is 10.2 Å². The standard InChI is InChI=1S/C33H38N4O2Si/c1-33(2)27-20-29(37-11-8-24(9-12-37)36-13-15-39-16-14-36)23(21-34)19-26(27)31(38)30-25-7-6-22(10-17-40(3,4)5)18-28(25)35-32(30)33/h6-7,18-20,24,35H,8-9,11-16H2,1-5H3. The summed E-state index contributed by atoms with van der Waals surface area (Å²) in [6.45, 7) is 16.5. The van der Waals surface area contributed by atoms with E-state index in [4.69, 9.17) is 4.74 Å². The second-order valence-corrected chi connectivity index (χ2v) is 17.7. The van der Waals surface area contributed by atoms with E-state index in [0.29, 0.717) is 17.2 Å². The lowest BCUT2D eigenvalue weighted by atomic mass is 9.70. The molecule has 3 heterocycles. The van der Waals surface area contributed by atoms with Crippen molar-refractivity contribution in [2.45, 2.75) is 57.8 Å². The van der Waals surface area contributed by atoms with Gasteiger partial charge >= 0.3 is 0 Å². The first kappa shape index (κ1) is 26.8. The van der Waals surface area contributed by atoms with Gasteiger partial charge in [0.05, 0.1) is 30.0 Å². The highest BCUT2D eigenvalue weighted by atomic mass is 28.3. The van der Waals surface area contributed by atoms with Gasteiger partial charge in [0.15, 0.2) is 5.78 Å². The lowest BCUT2D eigenvalue weighted by Crippen LogP contribution is -2.49. The second kappa shape index (κ2) is 9.92. The third-order valence-corrected chi connectivity index (χ3v) is 9.65. The highest BCUT2D eigenvalue weighted by molar-refractivity contribution is 6.83. The van der Waals surface area contributed by atoms with Gasteiger partial charge in [0.25, 0.3) is 0 Å². The minimum Gasteiger partial charge on any atom is -0.379 e. The van der Waals surface area contributed by atoms with Gasteiger partial charge < -0.3 is 14.6 Å². The molecular weight excluding hydrogens is 512 g/mol. The van der Waals surface area contributed by atoms with Gasteiger partial charge in [0, 0.05) is 65.4 Å². The third-order valence-electron chi connectivity index (χ3n) is 8.77. The number of H-pyrrole nitrogens is 1. The van der Waals surface area contributed by atoms with E-state index in [1.807, 2.05) is 18.2 Å². The molecule has 3 aromatic rings. The number of aromatic amines is 1. The van der Waals surface area contributed by atoms with Crippen LogP contribution in [0.2, 0.25) is 19.6 Å². The number of anilines is 1. The van der Waals surface area contributed by atoms with E-state index in [9.17, 15) is 10.1 Å². The van der Waals surface area contributed by atoms with Crippen molar-refractivity contribution in [3.05, 3.63) is 63.8 Å². The molecule has 0 radical (unpaired) electrons. The van der Waals surface area contributed by atoms with E-state index < -0.39 is 13.5 Å². The summed E-state index contributed by atoms with van der Waals surface area (Å²) in [4.78, 5) is 22.5. The number of carbonyl (C=O) groups is 1. The molecule has 1 N–H and O–H groups in total. The minimum atomic E-state index is -1.50. The number of ketones is 1. The Labute approximate surface area is 238 Å². The topological polar surface area (TPSA) is 72.4 Å². The molecule has 1 aromatic heterocycles. The summed E-state index contributed by atoms with van der Waals surface area (Å²) in [5, 5.41) is 11.1. The Bertz CT molecular complexity index is 1600. The molecular formula is C33H38N4O2Si. The first-order chi connectivity index (χ1) is 19.1. The molecule has 0 bridgehead atoms. The fraction of sp³-hybridized carbons (Fsp3) is 0.455. The van der Waals surface area contributed by atoms with Gasteiger partial charge in [-0.2, -0.15) is 5.26 Å². The molecule has 206 valence electrons. The van der Waals surface area contributed by atoms with Crippen molar-refractivity contribution in [2.24, 2.45) is 0 Å². The Morgan fingerprint density at radius 2 is 1.77 bits per heavy atom. The van der Waals surface area contributed by atoms with Crippen molar-refractivity contribution >= 4 is 30.4 Å². The fourth-order valence-electron chi connectivity index (χ4n) is 6.57. The molecule has 7 heteroatoms. The molecule has 0 spiro atoms. The third kappa shape index (κ3) is 4.67. The van der Waals surface area contributed by atoms with Crippen LogP contribution in [-0.4, -0.2) is 69.2 Å². The number of hydrogen-bond donors (Lipinski definition) is 1. The van der Waals surface area contributed by atoms with Crippen LogP contribution in [0, 0.1) is 22.8 Å². The summed E-state index contributed by atoms with van der Waals surface area (Å²) in [5.41, 5.74) is 9.75. The maximum absolute atomic E-state index is 14.0. The van der Waals surface area contributed by atoms with Gasteiger partial charge in [0.1, 0.15) is 14.1 Å². The molecule has 0 amide bonds. The van der Waals surface area contributed by atoms with E-state index in [-0.39, 0.29) is 5.78 Å². The molecule has 3 aliphatic rings. The Morgan fingerprint density at radius 3 is 2.45 bits per heavy atom. The highest BCUT2D eigenvalue weighted by Crippen LogP contribution is 2.46. The van der Waals surface area contributed by atoms with Crippen LogP contribution in [0.3, 0.4) is 0 Å². The number of hydrogen-bond acceptors (Lipinski definition) is 5. The number of nitrogens with one attached hydrogen (secondary N) is 1. The van der Waals surface area contributed by atoms with Crippen molar-refractivity contribution in [2.75, 3.05) is 44.3 Å². The van der Waals surface area contributed by atoms with E-state index in [1.54, 1.807) is 0 Å². The number of carbonyl (C=O) groups excluding carboxylic acids is 1. The number of nitriles is 1. The maximum atomic E-state index is 14.0. The van der Waals surface area contributed by atoms with Gasteiger partial charge in [0.2, 0.25) is 0 Å². The predicted octanol–water partition coefficient (Wildman–Crippen LogP) is 5.44. The lowest BCUT2D eigenvalue weighted by Gasteiger charge is -2.41. The normalized spacial score (nSPS) is 19.5. The Balaban J connectivity index is 1.35. The Hall–Kier alpha value is -3.36. The Morgan fingerprint density at radius 1 is 1.05 bits per heavy atom. The molecule has 0 unspecified atom stereocenters. The zero-order chi connectivity index (χ0) is 28.2. The first-order valence-electron chi connectivity index (χ1n) is 14.5. The molecule has 2 aromatic carbocycles. The molecule has 0 atom stereocenters. The molecule has 2 aliphatic heterocycles. The molecule has 6 rings (SSSR count). The number of fused-ring (bicyclic) bond motifs is 4. The summed E-state index contributed by atoms with van der Waals surface area (Å²) in [6, 6.07) is 13.1. The van der Waals surface area contributed by atoms with Crippen LogP contribution in [0.15, 0.2) is 30.3 Å². The van der Waals surface area contributed by atoms with Crippen LogP contribution in [0.1, 0.15) is 65.0 Å². The van der Waals surface area contributed by atoms with Crippen molar-refractivity contribution in [1.82, 2.24) is 9.88 Å². The number of aromatic nitrogens is 1. The van der Waals surface area contributed by atoms with Gasteiger partial charge in [-0.3, -0.25) is 9.69 Å². The lowest BCUT2D eigenvalue weighted by molar-refractivity contribution is 0.0115. The molecule has 0 saturated carbocycles. The summed E-state index contributed by atoms with van der Waals surface area (Å²) in [7, 11) is -1.50. The summed E-state index contributed by atoms with van der Waals surface area (Å²) < 4.78 is 5.54. The van der Waals surface area contributed by atoms with Crippen LogP contribution < -0.4 is 4.90 Å². The van der Waals surface area contributed by atoms with E-state index in [0.717, 1.165) is 91.2 Å². The van der Waals surface area contributed by atoms with Crippen LogP contribution >= 0.6 is 0 Å². The van der Waals surface area contributed by atoms with Crippen LogP contribution in [0.25, 0.3) is 10.9 Å². The molecule has 40 heavy (non-hydrogen) atoms. The van der Waals surface area contributed by atoms with E-state index in [1.165, 1.54) is 0 Å². The van der Waals surface area contributed by atoms with Gasteiger partial charge in [-0.25, -0.2) is 0 Å².